The van der Waals surface area contributed by atoms with Crippen molar-refractivity contribution in [2.75, 3.05) is 33.4 Å². The molecule has 0 radical (unpaired) electrons. The van der Waals surface area contributed by atoms with Gasteiger partial charge in [0.1, 0.15) is 0 Å². The molecule has 4 nitrogen and oxygen atoms in total. The first-order valence-electron chi connectivity index (χ1n) is 4.27. The minimum Gasteiger partial charge on any atom is -0.463 e. The van der Waals surface area contributed by atoms with Gasteiger partial charge < -0.3 is 14.8 Å². The quantitative estimate of drug-likeness (QED) is 0.355. The summed E-state index contributed by atoms with van der Waals surface area (Å²) in [7, 11) is 1.63. The number of hydrogen-bond acceptors (Lipinski definition) is 4. The van der Waals surface area contributed by atoms with Gasteiger partial charge in [0.2, 0.25) is 0 Å². The van der Waals surface area contributed by atoms with E-state index < -0.39 is 0 Å². The van der Waals surface area contributed by atoms with Crippen LogP contribution < -0.4 is 5.32 Å². The maximum atomic E-state index is 11.0. The third-order valence-corrected chi connectivity index (χ3v) is 1.39. The lowest BCUT2D eigenvalue weighted by Gasteiger charge is -2.06. The Morgan fingerprint density at radius 1 is 1.54 bits per heavy atom. The van der Waals surface area contributed by atoms with Crippen molar-refractivity contribution >= 4 is 5.97 Å². The van der Waals surface area contributed by atoms with Crippen LogP contribution in [0.1, 0.15) is 6.92 Å². The van der Waals surface area contributed by atoms with E-state index in [1.165, 1.54) is 0 Å². The maximum absolute atomic E-state index is 11.0. The minimum absolute atomic E-state index is 0.340. The fraction of sp³-hybridized carbons (Fsp3) is 0.667. The topological polar surface area (TPSA) is 47.6 Å². The van der Waals surface area contributed by atoms with Gasteiger partial charge in [-0.3, -0.25) is 0 Å². The minimum atomic E-state index is -0.340. The molecule has 0 spiro atoms. The molecular weight excluding hydrogens is 170 g/mol. The first-order valence-corrected chi connectivity index (χ1v) is 4.27. The molecule has 0 fully saturated rings. The van der Waals surface area contributed by atoms with Crippen LogP contribution in [-0.4, -0.2) is 39.4 Å². The van der Waals surface area contributed by atoms with Gasteiger partial charge in [-0.25, -0.2) is 4.79 Å². The molecule has 0 atom stereocenters. The van der Waals surface area contributed by atoms with E-state index in [1.807, 2.05) is 0 Å². The highest BCUT2D eigenvalue weighted by Crippen LogP contribution is 1.91. The van der Waals surface area contributed by atoms with Crippen LogP contribution in [0.5, 0.6) is 0 Å². The summed E-state index contributed by atoms with van der Waals surface area (Å²) < 4.78 is 9.57. The summed E-state index contributed by atoms with van der Waals surface area (Å²) >= 11 is 0. The number of carbonyl (C=O) groups is 1. The lowest BCUT2D eigenvalue weighted by atomic mass is 10.3. The molecule has 0 aromatic heterocycles. The fourth-order valence-electron chi connectivity index (χ4n) is 0.719. The first kappa shape index (κ1) is 12.1. The predicted molar refractivity (Wildman–Crippen MR) is 50.5 cm³/mol. The van der Waals surface area contributed by atoms with Gasteiger partial charge in [-0.2, -0.15) is 0 Å². The molecule has 0 aliphatic carbocycles. The molecule has 0 aromatic carbocycles. The van der Waals surface area contributed by atoms with Crippen molar-refractivity contribution in [2.45, 2.75) is 6.92 Å². The Balaban J connectivity index is 3.44. The summed E-state index contributed by atoms with van der Waals surface area (Å²) in [6.07, 6.45) is 0. The fourth-order valence-corrected chi connectivity index (χ4v) is 0.719. The van der Waals surface area contributed by atoms with Crippen LogP contribution in [0.2, 0.25) is 0 Å². The Morgan fingerprint density at radius 2 is 2.23 bits per heavy atom. The van der Waals surface area contributed by atoms with Gasteiger partial charge in [0, 0.05) is 25.8 Å². The van der Waals surface area contributed by atoms with Crippen molar-refractivity contribution in [1.82, 2.24) is 5.32 Å². The summed E-state index contributed by atoms with van der Waals surface area (Å²) in [5.41, 5.74) is 0.443. The molecule has 0 aromatic rings. The number of esters is 1. The molecule has 0 rings (SSSR count). The van der Waals surface area contributed by atoms with Crippen LogP contribution in [-0.2, 0) is 14.3 Å². The van der Waals surface area contributed by atoms with E-state index in [0.717, 1.165) is 0 Å². The van der Waals surface area contributed by atoms with Crippen molar-refractivity contribution in [2.24, 2.45) is 0 Å². The molecule has 13 heavy (non-hydrogen) atoms. The zero-order valence-corrected chi connectivity index (χ0v) is 8.26. The van der Waals surface area contributed by atoms with Gasteiger partial charge in [-0.05, 0) is 6.92 Å². The van der Waals surface area contributed by atoms with Crippen molar-refractivity contribution in [1.29, 1.82) is 0 Å². The zero-order chi connectivity index (χ0) is 10.1. The van der Waals surface area contributed by atoms with Gasteiger partial charge in [0.05, 0.1) is 13.2 Å². The third kappa shape index (κ3) is 6.31. The molecular formula is C9H17NO3. The van der Waals surface area contributed by atoms with Gasteiger partial charge in [-0.1, -0.05) is 6.58 Å². The molecule has 4 heteroatoms. The Kier molecular flexibility index (Phi) is 7.24. The third-order valence-electron chi connectivity index (χ3n) is 1.39. The van der Waals surface area contributed by atoms with E-state index in [4.69, 9.17) is 9.47 Å². The Bertz CT molecular complexity index is 168. The Hall–Kier alpha value is -0.870. The van der Waals surface area contributed by atoms with E-state index in [-0.39, 0.29) is 5.97 Å². The van der Waals surface area contributed by atoms with Crippen LogP contribution in [0.3, 0.4) is 0 Å². The van der Waals surface area contributed by atoms with E-state index >= 15 is 0 Å². The van der Waals surface area contributed by atoms with Crippen LogP contribution in [0.15, 0.2) is 12.2 Å². The highest BCUT2D eigenvalue weighted by atomic mass is 16.5. The molecule has 76 valence electrons. The summed E-state index contributed by atoms with van der Waals surface area (Å²) in [6.45, 7) is 7.52. The lowest BCUT2D eigenvalue weighted by Crippen LogP contribution is -2.24. The molecule has 0 unspecified atom stereocenters. The molecule has 0 aliphatic heterocycles. The molecule has 1 N–H and O–H groups in total. The number of ether oxygens (including phenoxy) is 2. The molecule has 0 saturated heterocycles. The van der Waals surface area contributed by atoms with Crippen molar-refractivity contribution in [3.05, 3.63) is 12.2 Å². The average Bonchev–Trinajstić information content (AvgIpc) is 2.12. The molecule has 0 amide bonds. The van der Waals surface area contributed by atoms with E-state index in [2.05, 4.69) is 11.9 Å². The smallest absolute Gasteiger partial charge is 0.334 e. The normalized spacial score (nSPS) is 9.69. The Labute approximate surface area is 78.9 Å². The summed E-state index contributed by atoms with van der Waals surface area (Å²) in [4.78, 5) is 11.0. The predicted octanol–water partition coefficient (Wildman–Crippen LogP) is 0.342. The highest BCUT2D eigenvalue weighted by Gasteiger charge is 2.05. The summed E-state index contributed by atoms with van der Waals surface area (Å²) in [5.74, 6) is -0.340. The largest absolute Gasteiger partial charge is 0.463 e. The molecule has 0 aliphatic rings. The summed E-state index contributed by atoms with van der Waals surface area (Å²) in [6, 6.07) is 0. The van der Waals surface area contributed by atoms with Crippen LogP contribution in [0.25, 0.3) is 0 Å². The van der Waals surface area contributed by atoms with Crippen LogP contribution in [0.4, 0.5) is 0 Å². The number of hydrogen-bond donors (Lipinski definition) is 1. The number of rotatable bonds is 7. The zero-order valence-electron chi connectivity index (χ0n) is 8.26. The number of carbonyl (C=O) groups excluding carboxylic acids is 1. The van der Waals surface area contributed by atoms with Crippen LogP contribution in [0, 0.1) is 0 Å². The van der Waals surface area contributed by atoms with Gasteiger partial charge in [0.25, 0.3) is 0 Å². The van der Waals surface area contributed by atoms with E-state index in [1.54, 1.807) is 14.0 Å². The van der Waals surface area contributed by atoms with Crippen LogP contribution >= 0.6 is 0 Å². The maximum Gasteiger partial charge on any atom is 0.334 e. The standard InChI is InChI=1S/C9H17NO3/c1-4-13-9(11)8(2)7-10-5-6-12-3/h10H,2,4-7H2,1,3H3. The second kappa shape index (κ2) is 7.76. The molecule has 0 saturated carbocycles. The van der Waals surface area contributed by atoms with Crippen molar-refractivity contribution in [3.63, 3.8) is 0 Å². The second-order valence-corrected chi connectivity index (χ2v) is 2.49. The average molecular weight is 187 g/mol. The van der Waals surface area contributed by atoms with Gasteiger partial charge in [0.15, 0.2) is 0 Å². The first-order chi connectivity index (χ1) is 6.22. The van der Waals surface area contributed by atoms with Crippen molar-refractivity contribution in [3.8, 4) is 0 Å². The molecule has 0 bridgehead atoms. The number of methoxy groups -OCH3 is 1. The monoisotopic (exact) mass is 187 g/mol. The highest BCUT2D eigenvalue weighted by molar-refractivity contribution is 5.88. The van der Waals surface area contributed by atoms with Gasteiger partial charge in [-0.15, -0.1) is 0 Å². The van der Waals surface area contributed by atoms with Crippen molar-refractivity contribution < 1.29 is 14.3 Å². The van der Waals surface area contributed by atoms with E-state index in [0.29, 0.717) is 31.9 Å². The Morgan fingerprint density at radius 3 is 2.77 bits per heavy atom. The second-order valence-electron chi connectivity index (χ2n) is 2.49. The van der Waals surface area contributed by atoms with E-state index in [9.17, 15) is 4.79 Å². The number of nitrogens with one attached hydrogen (secondary N) is 1. The SMILES string of the molecule is C=C(CNCCOC)C(=O)OCC. The summed E-state index contributed by atoms with van der Waals surface area (Å²) in [5, 5.41) is 3.00. The van der Waals surface area contributed by atoms with Gasteiger partial charge >= 0.3 is 5.97 Å². The lowest BCUT2D eigenvalue weighted by molar-refractivity contribution is -0.138. The molecule has 0 heterocycles.